The zero-order valence-electron chi connectivity index (χ0n) is 11.4. The zero-order valence-corrected chi connectivity index (χ0v) is 11.4. The van der Waals surface area contributed by atoms with Crippen molar-refractivity contribution in [2.75, 3.05) is 6.54 Å². The quantitative estimate of drug-likeness (QED) is 0.798. The number of benzene rings is 1. The Kier molecular flexibility index (Phi) is 4.35. The van der Waals surface area contributed by atoms with Crippen LogP contribution in [0.5, 0.6) is 0 Å². The van der Waals surface area contributed by atoms with Gasteiger partial charge in [0.15, 0.2) is 0 Å². The molecule has 0 saturated carbocycles. The third-order valence-electron chi connectivity index (χ3n) is 3.75. The summed E-state index contributed by atoms with van der Waals surface area (Å²) in [5.74, 6) is 0.0644. The number of nitrogens with zero attached hydrogens (tertiary/aromatic N) is 1. The van der Waals surface area contributed by atoms with Crippen molar-refractivity contribution in [1.82, 2.24) is 4.90 Å². The molecule has 1 fully saturated rings. The molecule has 2 rings (SSSR count). The van der Waals surface area contributed by atoms with Gasteiger partial charge in [-0.25, -0.2) is 0 Å². The van der Waals surface area contributed by atoms with Gasteiger partial charge in [-0.2, -0.15) is 13.2 Å². The molecule has 1 aromatic rings. The summed E-state index contributed by atoms with van der Waals surface area (Å²) in [6, 6.07) is 5.10. The first-order valence-electron chi connectivity index (χ1n) is 6.90. The molecular weight excluding hydrogens is 267 g/mol. The number of alkyl halides is 3. The Bertz CT molecular complexity index is 467. The minimum atomic E-state index is -4.32. The number of rotatable bonds is 2. The lowest BCUT2D eigenvalue weighted by Gasteiger charge is -2.36. The van der Waals surface area contributed by atoms with Crippen LogP contribution < -0.4 is 0 Å². The van der Waals surface area contributed by atoms with Gasteiger partial charge in [0.1, 0.15) is 0 Å². The SMILES string of the molecule is CCC(=O)N1CCCC[C@@H]1c1ccc(C(F)(F)F)cc1. The predicted octanol–water partition coefficient (Wildman–Crippen LogP) is 4.17. The third kappa shape index (κ3) is 3.14. The van der Waals surface area contributed by atoms with Gasteiger partial charge in [-0.1, -0.05) is 19.1 Å². The summed E-state index contributed by atoms with van der Waals surface area (Å²) >= 11 is 0. The molecular formula is C15H18F3NO. The van der Waals surface area contributed by atoms with Crippen molar-refractivity contribution < 1.29 is 18.0 Å². The van der Waals surface area contributed by atoms with E-state index >= 15 is 0 Å². The van der Waals surface area contributed by atoms with Crippen molar-refractivity contribution in [2.24, 2.45) is 0 Å². The van der Waals surface area contributed by atoms with Crippen LogP contribution in [0.4, 0.5) is 13.2 Å². The van der Waals surface area contributed by atoms with Crippen LogP contribution in [0.1, 0.15) is 49.8 Å². The molecule has 2 nitrogen and oxygen atoms in total. The lowest BCUT2D eigenvalue weighted by atomic mass is 9.94. The Balaban J connectivity index is 2.22. The largest absolute Gasteiger partial charge is 0.416 e. The number of hydrogen-bond acceptors (Lipinski definition) is 1. The summed E-state index contributed by atoms with van der Waals surface area (Å²) in [7, 11) is 0. The topological polar surface area (TPSA) is 20.3 Å². The fourth-order valence-electron chi connectivity index (χ4n) is 2.67. The third-order valence-corrected chi connectivity index (χ3v) is 3.75. The first-order chi connectivity index (χ1) is 9.43. The Labute approximate surface area is 116 Å². The van der Waals surface area contributed by atoms with Gasteiger partial charge >= 0.3 is 6.18 Å². The highest BCUT2D eigenvalue weighted by Gasteiger charge is 2.31. The Morgan fingerprint density at radius 1 is 1.25 bits per heavy atom. The number of halogens is 3. The average Bonchev–Trinajstić information content (AvgIpc) is 2.45. The van der Waals surface area contributed by atoms with E-state index in [2.05, 4.69) is 0 Å². The summed E-state index contributed by atoms with van der Waals surface area (Å²) in [6.07, 6.45) is -1.11. The smallest absolute Gasteiger partial charge is 0.336 e. The number of hydrogen-bond donors (Lipinski definition) is 0. The summed E-state index contributed by atoms with van der Waals surface area (Å²) < 4.78 is 37.7. The van der Waals surface area contributed by atoms with E-state index in [0.29, 0.717) is 13.0 Å². The summed E-state index contributed by atoms with van der Waals surface area (Å²) in [6.45, 7) is 2.50. The molecule has 1 aromatic carbocycles. The minimum Gasteiger partial charge on any atom is -0.336 e. The molecule has 1 atom stereocenters. The first-order valence-corrected chi connectivity index (χ1v) is 6.90. The lowest BCUT2D eigenvalue weighted by molar-refractivity contribution is -0.138. The van der Waals surface area contributed by atoms with E-state index in [4.69, 9.17) is 0 Å². The monoisotopic (exact) mass is 285 g/mol. The molecule has 0 radical (unpaired) electrons. The molecule has 20 heavy (non-hydrogen) atoms. The number of carbonyl (C=O) groups is 1. The van der Waals surface area contributed by atoms with Crippen molar-refractivity contribution in [2.45, 2.75) is 44.8 Å². The number of carbonyl (C=O) groups excluding carboxylic acids is 1. The van der Waals surface area contributed by atoms with Crippen LogP contribution in [-0.4, -0.2) is 17.4 Å². The van der Waals surface area contributed by atoms with Crippen LogP contribution in [0.25, 0.3) is 0 Å². The maximum absolute atomic E-state index is 12.6. The van der Waals surface area contributed by atoms with Crippen molar-refractivity contribution in [3.63, 3.8) is 0 Å². The van der Waals surface area contributed by atoms with Crippen LogP contribution in [0.15, 0.2) is 24.3 Å². The van der Waals surface area contributed by atoms with Gasteiger partial charge in [0.2, 0.25) is 5.91 Å². The van der Waals surface area contributed by atoms with E-state index < -0.39 is 11.7 Å². The van der Waals surface area contributed by atoms with E-state index in [9.17, 15) is 18.0 Å². The predicted molar refractivity (Wildman–Crippen MR) is 70.0 cm³/mol. The number of likely N-dealkylation sites (tertiary alicyclic amines) is 1. The van der Waals surface area contributed by atoms with Crippen LogP contribution in [0, 0.1) is 0 Å². The van der Waals surface area contributed by atoms with Crippen LogP contribution in [0.2, 0.25) is 0 Å². The number of piperidine rings is 1. The molecule has 1 aliphatic heterocycles. The zero-order chi connectivity index (χ0) is 14.8. The lowest BCUT2D eigenvalue weighted by Crippen LogP contribution is -2.38. The van der Waals surface area contributed by atoms with Gasteiger partial charge in [0, 0.05) is 13.0 Å². The molecule has 1 saturated heterocycles. The van der Waals surface area contributed by atoms with E-state index in [1.165, 1.54) is 12.1 Å². The Morgan fingerprint density at radius 2 is 1.90 bits per heavy atom. The second-order valence-electron chi connectivity index (χ2n) is 5.07. The van der Waals surface area contributed by atoms with Crippen molar-refractivity contribution in [3.8, 4) is 0 Å². The highest BCUT2D eigenvalue weighted by Crippen LogP contribution is 2.34. The fraction of sp³-hybridized carbons (Fsp3) is 0.533. The van der Waals surface area contributed by atoms with Crippen molar-refractivity contribution in [1.29, 1.82) is 0 Å². The van der Waals surface area contributed by atoms with E-state index in [-0.39, 0.29) is 11.9 Å². The molecule has 0 aliphatic carbocycles. The van der Waals surface area contributed by atoms with Crippen LogP contribution >= 0.6 is 0 Å². The molecule has 0 unspecified atom stereocenters. The number of amides is 1. The molecule has 1 amide bonds. The highest BCUT2D eigenvalue weighted by molar-refractivity contribution is 5.76. The molecule has 1 heterocycles. The van der Waals surface area contributed by atoms with Crippen LogP contribution in [-0.2, 0) is 11.0 Å². The van der Waals surface area contributed by atoms with Crippen molar-refractivity contribution >= 4 is 5.91 Å². The second kappa shape index (κ2) is 5.85. The molecule has 0 aromatic heterocycles. The molecule has 1 aliphatic rings. The highest BCUT2D eigenvalue weighted by atomic mass is 19.4. The summed E-state index contributed by atoms with van der Waals surface area (Å²) in [5, 5.41) is 0. The van der Waals surface area contributed by atoms with Gasteiger partial charge in [-0.3, -0.25) is 4.79 Å². The minimum absolute atomic E-state index is 0.0644. The van der Waals surface area contributed by atoms with Crippen LogP contribution in [0.3, 0.4) is 0 Å². The first kappa shape index (κ1) is 14.9. The fourth-order valence-corrected chi connectivity index (χ4v) is 2.67. The summed E-state index contributed by atoms with van der Waals surface area (Å²) in [5.41, 5.74) is 0.143. The molecule has 0 spiro atoms. The molecule has 0 N–H and O–H groups in total. The normalized spacial score (nSPS) is 20.0. The summed E-state index contributed by atoms with van der Waals surface area (Å²) in [4.78, 5) is 13.7. The molecule has 0 bridgehead atoms. The van der Waals surface area contributed by atoms with Gasteiger partial charge in [-0.05, 0) is 37.0 Å². The van der Waals surface area contributed by atoms with Gasteiger partial charge in [0.25, 0.3) is 0 Å². The Morgan fingerprint density at radius 3 is 2.45 bits per heavy atom. The van der Waals surface area contributed by atoms with Gasteiger partial charge in [-0.15, -0.1) is 0 Å². The van der Waals surface area contributed by atoms with Crippen molar-refractivity contribution in [3.05, 3.63) is 35.4 Å². The second-order valence-corrected chi connectivity index (χ2v) is 5.07. The van der Waals surface area contributed by atoms with E-state index in [1.807, 2.05) is 0 Å². The molecule has 5 heteroatoms. The average molecular weight is 285 g/mol. The Hall–Kier alpha value is -1.52. The molecule has 110 valence electrons. The maximum atomic E-state index is 12.6. The van der Waals surface area contributed by atoms with Gasteiger partial charge < -0.3 is 4.90 Å². The van der Waals surface area contributed by atoms with E-state index in [0.717, 1.165) is 37.0 Å². The van der Waals surface area contributed by atoms with Gasteiger partial charge in [0.05, 0.1) is 11.6 Å². The van der Waals surface area contributed by atoms with E-state index in [1.54, 1.807) is 11.8 Å². The standard InChI is InChI=1S/C15H18F3NO/c1-2-14(20)19-10-4-3-5-13(19)11-6-8-12(9-7-11)15(16,17)18/h6-9,13H,2-5,10H2,1H3/t13-/m1/s1. The maximum Gasteiger partial charge on any atom is 0.416 e.